The number of carbonyl (C=O) groups excluding carboxylic acids is 2. The molecule has 0 fully saturated rings. The van der Waals surface area contributed by atoms with E-state index in [1.165, 1.54) is 29.2 Å². The van der Waals surface area contributed by atoms with Gasteiger partial charge < -0.3 is 30.2 Å². The number of aryl methyl sites for hydroxylation is 3. The fraction of sp³-hybridized carbons (Fsp3) is 0.419. The molecule has 2 atom stereocenters. The van der Waals surface area contributed by atoms with Crippen LogP contribution >= 0.6 is 11.3 Å². The summed E-state index contributed by atoms with van der Waals surface area (Å²) in [6, 6.07) is 5.80. The van der Waals surface area contributed by atoms with Crippen molar-refractivity contribution in [1.29, 1.82) is 0 Å². The first kappa shape index (κ1) is 29.4. The standard InChI is InChI=1S/C31H36N4O6S/c1-16(30(38)35-31-34-23-8-6-7-9-26(23)42-31)32-22-13-11-19-20(15-24(22)37)21(33-17(2)36)12-10-18-14-25(39-3)28(40-4)29(41-5)27(18)19/h11,13-16,21H,6-10,12H2,1-5H3,(H,32,37)(H,33,36)(H,34,35,38). The lowest BCUT2D eigenvalue weighted by atomic mass is 9.95. The lowest BCUT2D eigenvalue weighted by Gasteiger charge is -2.19. The summed E-state index contributed by atoms with van der Waals surface area (Å²) in [5.74, 6) is 0.951. The SMILES string of the molecule is COc1cc2c(c(OC)c1OC)-c1ccc(NC(C)C(=O)Nc3nc4c(s3)CCCC4)c(=O)cc1C(NC(C)=O)CC2. The first-order valence-electron chi connectivity index (χ1n) is 14.1. The Bertz CT molecular complexity index is 1560. The highest BCUT2D eigenvalue weighted by atomic mass is 32.1. The van der Waals surface area contributed by atoms with Gasteiger partial charge in [-0.3, -0.25) is 14.4 Å². The smallest absolute Gasteiger partial charge is 0.248 e. The number of hydrogen-bond acceptors (Lipinski definition) is 9. The highest BCUT2D eigenvalue weighted by Crippen LogP contribution is 2.50. The Kier molecular flexibility index (Phi) is 8.67. The minimum atomic E-state index is -0.710. The number of rotatable bonds is 8. The van der Waals surface area contributed by atoms with Crippen LogP contribution in [0.25, 0.3) is 11.1 Å². The van der Waals surface area contributed by atoms with Crippen molar-refractivity contribution in [2.24, 2.45) is 0 Å². The third-order valence-corrected chi connectivity index (χ3v) is 8.83. The van der Waals surface area contributed by atoms with Crippen LogP contribution in [0.4, 0.5) is 10.8 Å². The molecular formula is C31H36N4O6S. The van der Waals surface area contributed by atoms with Crippen LogP contribution in [-0.2, 0) is 28.9 Å². The average molecular weight is 593 g/mol. The van der Waals surface area contributed by atoms with Gasteiger partial charge >= 0.3 is 0 Å². The number of fused-ring (bicyclic) bond motifs is 4. The molecular weight excluding hydrogens is 556 g/mol. The molecule has 0 radical (unpaired) electrons. The lowest BCUT2D eigenvalue weighted by molar-refractivity contribution is -0.119. The largest absolute Gasteiger partial charge is 0.493 e. The number of methoxy groups -OCH3 is 3. The van der Waals surface area contributed by atoms with Crippen molar-refractivity contribution >= 4 is 34.0 Å². The minimum absolute atomic E-state index is 0.203. The molecule has 2 amide bonds. The second-order valence-corrected chi connectivity index (χ2v) is 11.6. The van der Waals surface area contributed by atoms with Gasteiger partial charge in [0.2, 0.25) is 23.0 Å². The molecule has 0 spiro atoms. The van der Waals surface area contributed by atoms with Crippen molar-refractivity contribution in [2.45, 2.75) is 64.5 Å². The molecule has 2 aliphatic rings. The third-order valence-electron chi connectivity index (χ3n) is 7.76. The molecule has 0 saturated carbocycles. The second kappa shape index (κ2) is 12.4. The summed E-state index contributed by atoms with van der Waals surface area (Å²) in [5, 5.41) is 9.58. The molecule has 2 aromatic carbocycles. The van der Waals surface area contributed by atoms with Crippen molar-refractivity contribution < 1.29 is 23.8 Å². The summed E-state index contributed by atoms with van der Waals surface area (Å²) in [4.78, 5) is 44.7. The second-order valence-electron chi connectivity index (χ2n) is 10.5. The fourth-order valence-electron chi connectivity index (χ4n) is 5.74. The quantitative estimate of drug-likeness (QED) is 0.345. The first-order chi connectivity index (χ1) is 20.2. The number of hydrogen-bond donors (Lipinski definition) is 3. The molecule has 0 aliphatic heterocycles. The van der Waals surface area contributed by atoms with Crippen molar-refractivity contribution in [3.63, 3.8) is 0 Å². The van der Waals surface area contributed by atoms with Crippen LogP contribution in [0.15, 0.2) is 29.1 Å². The van der Waals surface area contributed by atoms with E-state index < -0.39 is 12.1 Å². The predicted octanol–water partition coefficient (Wildman–Crippen LogP) is 4.64. The van der Waals surface area contributed by atoms with E-state index in [4.69, 9.17) is 14.2 Å². The summed E-state index contributed by atoms with van der Waals surface area (Å²) in [7, 11) is 4.67. The maximum atomic E-state index is 13.6. The summed E-state index contributed by atoms with van der Waals surface area (Å²) in [6.07, 6.45) is 5.34. The first-order valence-corrected chi connectivity index (χ1v) is 14.9. The molecule has 42 heavy (non-hydrogen) atoms. The molecule has 5 rings (SSSR count). The molecule has 1 aromatic heterocycles. The lowest BCUT2D eigenvalue weighted by Crippen LogP contribution is -2.33. The molecule has 0 bridgehead atoms. The van der Waals surface area contributed by atoms with Gasteiger partial charge in [-0.05, 0) is 80.3 Å². The highest BCUT2D eigenvalue weighted by molar-refractivity contribution is 7.15. The van der Waals surface area contributed by atoms with Gasteiger partial charge in [-0.15, -0.1) is 11.3 Å². The van der Waals surface area contributed by atoms with Crippen LogP contribution in [-0.4, -0.2) is 44.2 Å². The minimum Gasteiger partial charge on any atom is -0.493 e. The summed E-state index contributed by atoms with van der Waals surface area (Å²) >= 11 is 1.52. The molecule has 10 nitrogen and oxygen atoms in total. The fourth-order valence-corrected chi connectivity index (χ4v) is 6.80. The van der Waals surface area contributed by atoms with Crippen LogP contribution in [0.2, 0.25) is 0 Å². The number of amides is 2. The van der Waals surface area contributed by atoms with Gasteiger partial charge in [-0.1, -0.05) is 6.07 Å². The predicted molar refractivity (Wildman–Crippen MR) is 163 cm³/mol. The third kappa shape index (κ3) is 5.78. The number of benzene rings is 1. The van der Waals surface area contributed by atoms with Gasteiger partial charge in [-0.25, -0.2) is 4.98 Å². The number of nitrogens with one attached hydrogen (secondary N) is 3. The number of ether oxygens (including phenoxy) is 3. The molecule has 3 N–H and O–H groups in total. The number of aromatic nitrogens is 1. The summed E-state index contributed by atoms with van der Waals surface area (Å²) < 4.78 is 17.1. The van der Waals surface area contributed by atoms with E-state index >= 15 is 0 Å². The monoisotopic (exact) mass is 592 g/mol. The van der Waals surface area contributed by atoms with Crippen LogP contribution in [0, 0.1) is 0 Å². The molecule has 3 aromatic rings. The molecule has 0 saturated heterocycles. The Morgan fingerprint density at radius 3 is 2.48 bits per heavy atom. The molecule has 2 unspecified atom stereocenters. The van der Waals surface area contributed by atoms with Gasteiger partial charge in [0.15, 0.2) is 16.6 Å². The Morgan fingerprint density at radius 2 is 1.79 bits per heavy atom. The van der Waals surface area contributed by atoms with Crippen molar-refractivity contribution in [1.82, 2.24) is 10.3 Å². The van der Waals surface area contributed by atoms with Crippen LogP contribution < -0.4 is 35.6 Å². The van der Waals surface area contributed by atoms with E-state index in [-0.39, 0.29) is 22.9 Å². The Balaban J connectivity index is 1.53. The van der Waals surface area contributed by atoms with E-state index in [2.05, 4.69) is 20.9 Å². The molecule has 11 heteroatoms. The number of thiazole rings is 1. The van der Waals surface area contributed by atoms with Gasteiger partial charge in [-0.2, -0.15) is 0 Å². The van der Waals surface area contributed by atoms with E-state index in [1.807, 2.05) is 12.1 Å². The van der Waals surface area contributed by atoms with E-state index in [0.717, 1.165) is 48.1 Å². The maximum absolute atomic E-state index is 13.6. The Labute approximate surface area is 248 Å². The zero-order chi connectivity index (χ0) is 30.0. The summed E-state index contributed by atoms with van der Waals surface area (Å²) in [5.41, 5.74) is 4.08. The van der Waals surface area contributed by atoms with Gasteiger partial charge in [0, 0.05) is 17.4 Å². The zero-order valence-corrected chi connectivity index (χ0v) is 25.3. The van der Waals surface area contributed by atoms with Crippen molar-refractivity contribution in [3.05, 3.63) is 56.2 Å². The van der Waals surface area contributed by atoms with Crippen LogP contribution in [0.3, 0.4) is 0 Å². The molecule has 1 heterocycles. The number of nitrogens with zero attached hydrogens (tertiary/aromatic N) is 1. The van der Waals surface area contributed by atoms with Crippen molar-refractivity contribution in [3.8, 4) is 28.4 Å². The van der Waals surface area contributed by atoms with Crippen molar-refractivity contribution in [2.75, 3.05) is 32.0 Å². The Hall–Kier alpha value is -4.12. The normalized spacial score (nSPS) is 16.1. The van der Waals surface area contributed by atoms with Gasteiger partial charge in [0.25, 0.3) is 0 Å². The number of anilines is 2. The Morgan fingerprint density at radius 1 is 1.02 bits per heavy atom. The van der Waals surface area contributed by atoms with E-state index in [9.17, 15) is 14.4 Å². The zero-order valence-electron chi connectivity index (χ0n) is 24.5. The van der Waals surface area contributed by atoms with E-state index in [1.54, 1.807) is 34.3 Å². The average Bonchev–Trinajstić information content (AvgIpc) is 3.24. The molecule has 222 valence electrons. The summed E-state index contributed by atoms with van der Waals surface area (Å²) in [6.45, 7) is 3.16. The van der Waals surface area contributed by atoms with Gasteiger partial charge in [0.1, 0.15) is 6.04 Å². The number of carbonyl (C=O) groups is 2. The maximum Gasteiger partial charge on any atom is 0.248 e. The molecule has 2 aliphatic carbocycles. The van der Waals surface area contributed by atoms with Gasteiger partial charge in [0.05, 0.1) is 38.8 Å². The van der Waals surface area contributed by atoms with Crippen LogP contribution in [0.5, 0.6) is 17.2 Å². The van der Waals surface area contributed by atoms with Crippen LogP contribution in [0.1, 0.15) is 60.8 Å². The van der Waals surface area contributed by atoms with E-state index in [0.29, 0.717) is 40.8 Å². The highest BCUT2D eigenvalue weighted by Gasteiger charge is 2.30. The topological polar surface area (TPSA) is 128 Å².